The van der Waals surface area contributed by atoms with Crippen LogP contribution in [0.25, 0.3) is 0 Å². The van der Waals surface area contributed by atoms with Gasteiger partial charge in [-0.2, -0.15) is 13.2 Å². The number of hydrogen-bond donors (Lipinski definition) is 1. The molecule has 1 rings (SSSR count). The quantitative estimate of drug-likeness (QED) is 0.817. The van der Waals surface area contributed by atoms with Gasteiger partial charge in [0.1, 0.15) is 0 Å². The first kappa shape index (κ1) is 17.5. The van der Waals surface area contributed by atoms with Gasteiger partial charge in [-0.25, -0.2) is 0 Å². The molecule has 0 amide bonds. The summed E-state index contributed by atoms with van der Waals surface area (Å²) in [6.07, 6.45) is -6.09. The Morgan fingerprint density at radius 2 is 1.90 bits per heavy atom. The smallest absolute Gasteiger partial charge is 0.364 e. The highest BCUT2D eigenvalue weighted by atomic mass is 79.9. The SMILES string of the molecule is CC(C)NCc1ccc(COC(C)C(F)(F)F)c(Br)c1. The Labute approximate surface area is 125 Å². The van der Waals surface area contributed by atoms with Crippen molar-refractivity contribution in [3.63, 3.8) is 0 Å². The van der Waals surface area contributed by atoms with Gasteiger partial charge in [0.05, 0.1) is 6.61 Å². The van der Waals surface area contributed by atoms with Crippen LogP contribution in [0.15, 0.2) is 22.7 Å². The van der Waals surface area contributed by atoms with Crippen molar-refractivity contribution in [3.05, 3.63) is 33.8 Å². The lowest BCUT2D eigenvalue weighted by Gasteiger charge is -2.17. The molecule has 0 aromatic heterocycles. The van der Waals surface area contributed by atoms with Crippen LogP contribution in [0.2, 0.25) is 0 Å². The van der Waals surface area contributed by atoms with E-state index in [4.69, 9.17) is 4.74 Å². The molecule has 0 fully saturated rings. The van der Waals surface area contributed by atoms with Gasteiger partial charge in [-0.05, 0) is 24.1 Å². The van der Waals surface area contributed by atoms with Crippen molar-refractivity contribution in [2.75, 3.05) is 0 Å². The number of benzene rings is 1. The van der Waals surface area contributed by atoms with Gasteiger partial charge < -0.3 is 10.1 Å². The van der Waals surface area contributed by atoms with Crippen LogP contribution in [-0.4, -0.2) is 18.3 Å². The fourth-order valence-corrected chi connectivity index (χ4v) is 1.99. The number of alkyl halides is 3. The standard InChI is InChI=1S/C14H19BrF3NO/c1-9(2)19-7-11-4-5-12(13(15)6-11)8-20-10(3)14(16,17)18/h4-6,9-10,19H,7-8H2,1-3H3. The van der Waals surface area contributed by atoms with E-state index in [-0.39, 0.29) is 6.61 Å². The van der Waals surface area contributed by atoms with Gasteiger partial charge in [-0.15, -0.1) is 0 Å². The largest absolute Gasteiger partial charge is 0.414 e. The molecule has 0 saturated heterocycles. The van der Waals surface area contributed by atoms with E-state index in [1.54, 1.807) is 6.07 Å². The molecule has 2 nitrogen and oxygen atoms in total. The molecule has 1 atom stereocenters. The maximum absolute atomic E-state index is 12.3. The normalized spacial score (nSPS) is 13.8. The lowest BCUT2D eigenvalue weighted by atomic mass is 10.1. The summed E-state index contributed by atoms with van der Waals surface area (Å²) >= 11 is 3.37. The Bertz CT molecular complexity index is 435. The summed E-state index contributed by atoms with van der Waals surface area (Å²) in [4.78, 5) is 0. The molecule has 6 heteroatoms. The van der Waals surface area contributed by atoms with Gasteiger partial charge in [0.2, 0.25) is 0 Å². The predicted molar refractivity (Wildman–Crippen MR) is 76.4 cm³/mol. The first-order valence-electron chi connectivity index (χ1n) is 6.39. The second-order valence-electron chi connectivity index (χ2n) is 4.96. The van der Waals surface area contributed by atoms with Crippen molar-refractivity contribution in [1.82, 2.24) is 5.32 Å². The van der Waals surface area contributed by atoms with Crippen LogP contribution in [0.4, 0.5) is 13.2 Å². The van der Waals surface area contributed by atoms with E-state index in [1.807, 2.05) is 12.1 Å². The number of rotatable bonds is 6. The highest BCUT2D eigenvalue weighted by Crippen LogP contribution is 2.25. The minimum absolute atomic E-state index is 0.0703. The van der Waals surface area contributed by atoms with Crippen LogP contribution in [0, 0.1) is 0 Å². The molecule has 0 aliphatic carbocycles. The molecule has 0 bridgehead atoms. The van der Waals surface area contributed by atoms with Crippen LogP contribution in [0.1, 0.15) is 31.9 Å². The molecule has 1 N–H and O–H groups in total. The summed E-state index contributed by atoms with van der Waals surface area (Å²) in [7, 11) is 0. The van der Waals surface area contributed by atoms with Crippen LogP contribution >= 0.6 is 15.9 Å². The van der Waals surface area contributed by atoms with E-state index in [9.17, 15) is 13.2 Å². The summed E-state index contributed by atoms with van der Waals surface area (Å²) in [5.41, 5.74) is 1.77. The van der Waals surface area contributed by atoms with Gasteiger partial charge in [0.15, 0.2) is 6.10 Å². The van der Waals surface area contributed by atoms with Crippen molar-refractivity contribution in [2.45, 2.75) is 52.2 Å². The van der Waals surface area contributed by atoms with Crippen molar-refractivity contribution in [1.29, 1.82) is 0 Å². The molecule has 1 unspecified atom stereocenters. The number of nitrogens with one attached hydrogen (secondary N) is 1. The third kappa shape index (κ3) is 5.81. The Balaban J connectivity index is 2.60. The lowest BCUT2D eigenvalue weighted by molar-refractivity contribution is -0.217. The summed E-state index contributed by atoms with van der Waals surface area (Å²) in [6, 6.07) is 5.94. The highest BCUT2D eigenvalue weighted by Gasteiger charge is 2.36. The molecular weight excluding hydrogens is 335 g/mol. The fraction of sp³-hybridized carbons (Fsp3) is 0.571. The van der Waals surface area contributed by atoms with Crippen molar-refractivity contribution >= 4 is 15.9 Å². The molecule has 1 aromatic rings. The fourth-order valence-electron chi connectivity index (χ4n) is 1.45. The van der Waals surface area contributed by atoms with Crippen molar-refractivity contribution < 1.29 is 17.9 Å². The van der Waals surface area contributed by atoms with Gasteiger partial charge in [0.25, 0.3) is 0 Å². The van der Waals surface area contributed by atoms with Gasteiger partial charge in [0, 0.05) is 17.1 Å². The van der Waals surface area contributed by atoms with E-state index in [0.29, 0.717) is 11.6 Å². The molecular formula is C14H19BrF3NO. The zero-order valence-electron chi connectivity index (χ0n) is 11.7. The molecule has 0 aliphatic rings. The molecule has 0 saturated carbocycles. The zero-order chi connectivity index (χ0) is 15.3. The summed E-state index contributed by atoms with van der Waals surface area (Å²) in [5.74, 6) is 0. The number of halogens is 4. The first-order chi connectivity index (χ1) is 9.20. The van der Waals surface area contributed by atoms with Crippen LogP contribution in [0.5, 0.6) is 0 Å². The van der Waals surface area contributed by atoms with E-state index in [2.05, 4.69) is 35.1 Å². The second kappa shape index (κ2) is 7.43. The van der Waals surface area contributed by atoms with Crippen molar-refractivity contribution in [2.24, 2.45) is 0 Å². The molecule has 0 aliphatic heterocycles. The number of ether oxygens (including phenoxy) is 1. The maximum Gasteiger partial charge on any atom is 0.414 e. The second-order valence-corrected chi connectivity index (χ2v) is 5.81. The van der Waals surface area contributed by atoms with Gasteiger partial charge in [-0.3, -0.25) is 0 Å². The minimum atomic E-state index is -4.33. The Morgan fingerprint density at radius 3 is 2.40 bits per heavy atom. The Hall–Kier alpha value is -0.590. The monoisotopic (exact) mass is 353 g/mol. The predicted octanol–water partition coefficient (Wildman–Crippen LogP) is 4.41. The summed E-state index contributed by atoms with van der Waals surface area (Å²) in [6.45, 7) is 5.76. The average Bonchev–Trinajstić information content (AvgIpc) is 2.33. The summed E-state index contributed by atoms with van der Waals surface area (Å²) < 4.78 is 42.6. The average molecular weight is 354 g/mol. The lowest BCUT2D eigenvalue weighted by Crippen LogP contribution is -2.28. The highest BCUT2D eigenvalue weighted by molar-refractivity contribution is 9.10. The molecule has 20 heavy (non-hydrogen) atoms. The van der Waals surface area contributed by atoms with Crippen LogP contribution in [0.3, 0.4) is 0 Å². The molecule has 114 valence electrons. The maximum atomic E-state index is 12.3. The molecule has 1 aromatic carbocycles. The topological polar surface area (TPSA) is 21.3 Å². The van der Waals surface area contributed by atoms with Gasteiger partial charge in [-0.1, -0.05) is 41.9 Å². The van der Waals surface area contributed by atoms with Crippen molar-refractivity contribution in [3.8, 4) is 0 Å². The molecule has 0 radical (unpaired) electrons. The number of hydrogen-bond acceptors (Lipinski definition) is 2. The van der Waals surface area contributed by atoms with Gasteiger partial charge >= 0.3 is 6.18 Å². The van der Waals surface area contributed by atoms with E-state index >= 15 is 0 Å². The Morgan fingerprint density at radius 1 is 1.25 bits per heavy atom. The first-order valence-corrected chi connectivity index (χ1v) is 7.18. The van der Waals surface area contributed by atoms with E-state index < -0.39 is 12.3 Å². The third-order valence-corrected chi connectivity index (χ3v) is 3.52. The molecule has 0 spiro atoms. The zero-order valence-corrected chi connectivity index (χ0v) is 13.3. The molecule has 0 heterocycles. The van der Waals surface area contributed by atoms with Crippen LogP contribution in [-0.2, 0) is 17.9 Å². The Kier molecular flexibility index (Phi) is 6.48. The van der Waals surface area contributed by atoms with E-state index in [1.165, 1.54) is 0 Å². The third-order valence-electron chi connectivity index (χ3n) is 2.78. The van der Waals surface area contributed by atoms with E-state index in [0.717, 1.165) is 23.5 Å². The minimum Gasteiger partial charge on any atom is -0.364 e. The van der Waals surface area contributed by atoms with Crippen LogP contribution < -0.4 is 5.32 Å². The summed E-state index contributed by atoms with van der Waals surface area (Å²) in [5, 5.41) is 3.28.